The van der Waals surface area contributed by atoms with Crippen LogP contribution >= 0.6 is 0 Å². The third-order valence-corrected chi connectivity index (χ3v) is 5.24. The number of fused-ring (bicyclic) bond motifs is 4. The molecule has 0 bridgehead atoms. The van der Waals surface area contributed by atoms with E-state index in [1.54, 1.807) is 26.0 Å². The second kappa shape index (κ2) is 5.46. The highest BCUT2D eigenvalue weighted by atomic mass is 16.5. The molecule has 2 heterocycles. The highest BCUT2D eigenvalue weighted by Crippen LogP contribution is 2.46. The number of para-hydroxylation sites is 1. The molecule has 0 amide bonds. The monoisotopic (exact) mass is 355 g/mol. The number of methoxy groups -OCH3 is 1. The lowest BCUT2D eigenvalue weighted by atomic mass is 9.87. The largest absolute Gasteiger partial charge is 0.496 e. The van der Waals surface area contributed by atoms with E-state index in [2.05, 4.69) is 0 Å². The first-order valence-corrected chi connectivity index (χ1v) is 8.45. The van der Waals surface area contributed by atoms with Crippen molar-refractivity contribution in [1.82, 2.24) is 4.57 Å². The van der Waals surface area contributed by atoms with Crippen LogP contribution < -0.4 is 14.9 Å². The Kier molecular flexibility index (Phi) is 3.54. The fourth-order valence-corrected chi connectivity index (χ4v) is 3.83. The van der Waals surface area contributed by atoms with Crippen LogP contribution in [0.15, 0.2) is 35.1 Å². The topological polar surface area (TPSA) is 80.9 Å². The van der Waals surface area contributed by atoms with Gasteiger partial charge in [-0.25, -0.2) is 0 Å². The maximum atomic E-state index is 13.1. The molecular weight excluding hydrogens is 334 g/mol. The van der Waals surface area contributed by atoms with E-state index >= 15 is 0 Å². The minimum absolute atomic E-state index is 0.181. The Morgan fingerprint density at radius 3 is 2.62 bits per heavy atom. The van der Waals surface area contributed by atoms with E-state index in [0.717, 1.165) is 5.52 Å². The van der Waals surface area contributed by atoms with Gasteiger partial charge in [-0.1, -0.05) is 12.1 Å². The van der Waals surface area contributed by atoms with Crippen LogP contribution in [-0.2, 0) is 7.05 Å². The molecule has 0 radical (unpaired) electrons. The summed E-state index contributed by atoms with van der Waals surface area (Å²) in [6.45, 7) is 3.42. The summed E-state index contributed by atoms with van der Waals surface area (Å²) in [5, 5.41) is 22.3. The molecule has 26 heavy (non-hydrogen) atoms. The Morgan fingerprint density at radius 2 is 1.92 bits per heavy atom. The first-order valence-electron chi connectivity index (χ1n) is 8.45. The van der Waals surface area contributed by atoms with Crippen LogP contribution in [0.1, 0.15) is 25.5 Å². The van der Waals surface area contributed by atoms with Gasteiger partial charge in [-0.2, -0.15) is 0 Å². The third-order valence-electron chi connectivity index (χ3n) is 5.24. The van der Waals surface area contributed by atoms with Crippen LogP contribution in [-0.4, -0.2) is 33.6 Å². The van der Waals surface area contributed by atoms with Gasteiger partial charge in [0.25, 0.3) is 0 Å². The van der Waals surface area contributed by atoms with Crippen LogP contribution in [0.2, 0.25) is 0 Å². The van der Waals surface area contributed by atoms with Gasteiger partial charge in [-0.15, -0.1) is 0 Å². The predicted octanol–water partition coefficient (Wildman–Crippen LogP) is 2.27. The van der Waals surface area contributed by atoms with Gasteiger partial charge in [-0.3, -0.25) is 4.79 Å². The third kappa shape index (κ3) is 2.09. The van der Waals surface area contributed by atoms with Crippen LogP contribution in [0.3, 0.4) is 0 Å². The summed E-state index contributed by atoms with van der Waals surface area (Å²) in [5.41, 5.74) is 0.482. The zero-order valence-corrected chi connectivity index (χ0v) is 15.1. The summed E-state index contributed by atoms with van der Waals surface area (Å²) in [5.74, 6) is 0.784. The smallest absolute Gasteiger partial charge is 0.200 e. The Labute approximate surface area is 150 Å². The lowest BCUT2D eigenvalue weighted by molar-refractivity contribution is -0.111. The molecule has 6 heteroatoms. The number of pyridine rings is 1. The zero-order valence-electron chi connectivity index (χ0n) is 15.1. The van der Waals surface area contributed by atoms with Gasteiger partial charge in [0.05, 0.1) is 29.1 Å². The van der Waals surface area contributed by atoms with Gasteiger partial charge >= 0.3 is 0 Å². The summed E-state index contributed by atoms with van der Waals surface area (Å²) in [7, 11) is 3.32. The van der Waals surface area contributed by atoms with Crippen molar-refractivity contribution in [3.8, 4) is 11.5 Å². The minimum atomic E-state index is -1.19. The van der Waals surface area contributed by atoms with Crippen molar-refractivity contribution in [3.63, 3.8) is 0 Å². The van der Waals surface area contributed by atoms with Crippen molar-refractivity contribution in [2.75, 3.05) is 7.11 Å². The maximum absolute atomic E-state index is 13.1. The van der Waals surface area contributed by atoms with Crippen molar-refractivity contribution >= 4 is 21.8 Å². The van der Waals surface area contributed by atoms with Crippen molar-refractivity contribution < 1.29 is 19.7 Å². The molecule has 1 aromatic heterocycles. The number of benzene rings is 2. The first-order chi connectivity index (χ1) is 12.3. The lowest BCUT2D eigenvalue weighted by Crippen LogP contribution is -2.49. The molecule has 1 aliphatic heterocycles. The Morgan fingerprint density at radius 1 is 1.23 bits per heavy atom. The predicted molar refractivity (Wildman–Crippen MR) is 98.9 cm³/mol. The van der Waals surface area contributed by atoms with Gasteiger partial charge < -0.3 is 24.3 Å². The van der Waals surface area contributed by atoms with Gasteiger partial charge in [0.2, 0.25) is 5.43 Å². The average Bonchev–Trinajstić information content (AvgIpc) is 2.62. The number of hydrogen-bond donors (Lipinski definition) is 2. The molecule has 6 nitrogen and oxygen atoms in total. The van der Waals surface area contributed by atoms with Gasteiger partial charge in [0.1, 0.15) is 29.3 Å². The van der Waals surface area contributed by atoms with E-state index in [1.165, 1.54) is 7.11 Å². The fraction of sp³-hybridized carbons (Fsp3) is 0.350. The zero-order chi connectivity index (χ0) is 18.8. The highest BCUT2D eigenvalue weighted by molar-refractivity contribution is 5.99. The quantitative estimate of drug-likeness (QED) is 0.655. The maximum Gasteiger partial charge on any atom is 0.200 e. The van der Waals surface area contributed by atoms with E-state index in [0.29, 0.717) is 33.4 Å². The van der Waals surface area contributed by atoms with Crippen LogP contribution in [0.25, 0.3) is 21.8 Å². The standard InChI is InChI=1S/C20H21NO5/c1-20(2)19(24)18(23)15-13(26-20)9-12(25-4)14-16(15)21(3)11-8-6-5-7-10(11)17(14)22/h5-9,18-19,23-24H,1-4H3/t18-,19+/m1/s1. The normalized spacial score (nSPS) is 21.5. The van der Waals surface area contributed by atoms with E-state index in [9.17, 15) is 15.0 Å². The van der Waals surface area contributed by atoms with Crippen molar-refractivity contribution in [1.29, 1.82) is 0 Å². The Balaban J connectivity index is 2.25. The number of aliphatic hydroxyl groups is 2. The Bertz CT molecular complexity index is 1100. The van der Waals surface area contributed by atoms with Gasteiger partial charge in [0.15, 0.2) is 0 Å². The first kappa shape index (κ1) is 16.9. The number of aliphatic hydroxyl groups excluding tert-OH is 2. The number of nitrogens with zero attached hydrogens (tertiary/aromatic N) is 1. The molecule has 0 fully saturated rings. The van der Waals surface area contributed by atoms with Crippen molar-refractivity contribution in [2.24, 2.45) is 7.05 Å². The van der Waals surface area contributed by atoms with Gasteiger partial charge in [-0.05, 0) is 26.0 Å². The molecule has 4 rings (SSSR count). The second-order valence-corrected chi connectivity index (χ2v) is 7.21. The second-order valence-electron chi connectivity index (χ2n) is 7.21. The highest BCUT2D eigenvalue weighted by Gasteiger charge is 2.44. The average molecular weight is 355 g/mol. The summed E-state index contributed by atoms with van der Waals surface area (Å²) < 4.78 is 13.3. The Hall–Kier alpha value is -2.57. The fourth-order valence-electron chi connectivity index (χ4n) is 3.83. The lowest BCUT2D eigenvalue weighted by Gasteiger charge is -2.40. The molecule has 2 N–H and O–H groups in total. The SMILES string of the molecule is COc1cc2c(c3c1c(=O)c1ccccc1n3C)[C@@H](O)[C@H](O)C(C)(C)O2. The molecule has 136 valence electrons. The van der Waals surface area contributed by atoms with Crippen molar-refractivity contribution in [2.45, 2.75) is 31.7 Å². The van der Waals surface area contributed by atoms with Crippen LogP contribution in [0, 0.1) is 0 Å². The summed E-state index contributed by atoms with van der Waals surface area (Å²) in [6, 6.07) is 8.89. The number of aromatic nitrogens is 1. The van der Waals surface area contributed by atoms with E-state index < -0.39 is 17.8 Å². The molecule has 1 aliphatic rings. The molecule has 0 saturated carbocycles. The number of aryl methyl sites for hydroxylation is 1. The molecule has 0 saturated heterocycles. The molecule has 2 aromatic carbocycles. The molecule has 0 spiro atoms. The summed E-state index contributed by atoms with van der Waals surface area (Å²) in [4.78, 5) is 13.1. The van der Waals surface area contributed by atoms with E-state index in [1.807, 2.05) is 29.8 Å². The van der Waals surface area contributed by atoms with Crippen molar-refractivity contribution in [3.05, 3.63) is 46.1 Å². The van der Waals surface area contributed by atoms with Crippen LogP contribution in [0.5, 0.6) is 11.5 Å². The molecule has 3 aromatic rings. The van der Waals surface area contributed by atoms with Crippen LogP contribution in [0.4, 0.5) is 0 Å². The van der Waals surface area contributed by atoms with Gasteiger partial charge in [0, 0.05) is 18.5 Å². The number of ether oxygens (including phenoxy) is 2. The summed E-state index contributed by atoms with van der Waals surface area (Å²) in [6.07, 6.45) is -2.32. The van der Waals surface area contributed by atoms with E-state index in [-0.39, 0.29) is 5.43 Å². The number of rotatable bonds is 1. The molecule has 0 unspecified atom stereocenters. The summed E-state index contributed by atoms with van der Waals surface area (Å²) >= 11 is 0. The molecule has 0 aliphatic carbocycles. The number of hydrogen-bond acceptors (Lipinski definition) is 5. The minimum Gasteiger partial charge on any atom is -0.496 e. The molecule has 2 atom stereocenters. The van der Waals surface area contributed by atoms with E-state index in [4.69, 9.17) is 9.47 Å². The molecular formula is C20H21NO5.